The Morgan fingerprint density at radius 2 is 1.72 bits per heavy atom. The molecule has 1 heterocycles. The third kappa shape index (κ3) is 2.28. The Hall–Kier alpha value is -1.34. The van der Waals surface area contributed by atoms with Gasteiger partial charge in [-0.2, -0.15) is 0 Å². The van der Waals surface area contributed by atoms with E-state index in [0.29, 0.717) is 0 Å². The summed E-state index contributed by atoms with van der Waals surface area (Å²) in [4.78, 5) is 2.61. The minimum absolute atomic E-state index is 1.12. The SMILES string of the molecule is Cc1ccc2ccccc2c1CN1CCCCC1. The standard InChI is InChI=1S/C17H21N/c1-14-9-10-15-7-3-4-8-16(15)17(14)13-18-11-5-2-6-12-18/h3-4,7-10H,2,5-6,11-13H2,1H3. The van der Waals surface area contributed by atoms with Crippen LogP contribution in [0.25, 0.3) is 10.8 Å². The van der Waals surface area contributed by atoms with Gasteiger partial charge in [0.1, 0.15) is 0 Å². The number of piperidine rings is 1. The summed E-state index contributed by atoms with van der Waals surface area (Å²) in [6.45, 7) is 5.89. The maximum atomic E-state index is 2.61. The first kappa shape index (κ1) is 11.7. The molecular formula is C17H21N. The average Bonchev–Trinajstić information content (AvgIpc) is 2.43. The molecule has 2 aromatic carbocycles. The quantitative estimate of drug-likeness (QED) is 0.761. The molecule has 94 valence electrons. The predicted molar refractivity (Wildman–Crippen MR) is 77.8 cm³/mol. The third-order valence-corrected chi connectivity index (χ3v) is 4.11. The van der Waals surface area contributed by atoms with Crippen LogP contribution in [0.15, 0.2) is 36.4 Å². The maximum Gasteiger partial charge on any atom is 0.0242 e. The molecule has 0 amide bonds. The van der Waals surface area contributed by atoms with Gasteiger partial charge in [0.25, 0.3) is 0 Å². The molecule has 0 atom stereocenters. The minimum Gasteiger partial charge on any atom is -0.299 e. The fourth-order valence-corrected chi connectivity index (χ4v) is 3.00. The van der Waals surface area contributed by atoms with Crippen molar-refractivity contribution >= 4 is 10.8 Å². The molecule has 3 rings (SSSR count). The molecule has 1 aliphatic heterocycles. The van der Waals surface area contributed by atoms with E-state index in [2.05, 4.69) is 48.2 Å². The topological polar surface area (TPSA) is 3.24 Å². The van der Waals surface area contributed by atoms with Gasteiger partial charge in [0, 0.05) is 6.54 Å². The van der Waals surface area contributed by atoms with E-state index in [0.717, 1.165) is 6.54 Å². The molecule has 1 nitrogen and oxygen atoms in total. The number of benzene rings is 2. The van der Waals surface area contributed by atoms with Gasteiger partial charge in [-0.05, 0) is 54.8 Å². The Labute approximate surface area is 109 Å². The first-order valence-electron chi connectivity index (χ1n) is 7.04. The van der Waals surface area contributed by atoms with E-state index in [1.54, 1.807) is 0 Å². The highest BCUT2D eigenvalue weighted by atomic mass is 15.1. The molecule has 0 bridgehead atoms. The zero-order valence-electron chi connectivity index (χ0n) is 11.2. The number of fused-ring (bicyclic) bond motifs is 1. The number of rotatable bonds is 2. The van der Waals surface area contributed by atoms with Crippen molar-refractivity contribution in [1.29, 1.82) is 0 Å². The lowest BCUT2D eigenvalue weighted by molar-refractivity contribution is 0.221. The molecule has 0 saturated carbocycles. The Balaban J connectivity index is 1.96. The highest BCUT2D eigenvalue weighted by Crippen LogP contribution is 2.24. The van der Waals surface area contributed by atoms with Crippen molar-refractivity contribution in [2.24, 2.45) is 0 Å². The largest absolute Gasteiger partial charge is 0.299 e. The lowest BCUT2D eigenvalue weighted by Gasteiger charge is -2.27. The first-order chi connectivity index (χ1) is 8.84. The van der Waals surface area contributed by atoms with Crippen LogP contribution in [0.3, 0.4) is 0 Å². The predicted octanol–water partition coefficient (Wildman–Crippen LogP) is 4.13. The summed E-state index contributed by atoms with van der Waals surface area (Å²) < 4.78 is 0. The first-order valence-corrected chi connectivity index (χ1v) is 7.04. The molecule has 0 radical (unpaired) electrons. The summed E-state index contributed by atoms with van der Waals surface area (Å²) in [6, 6.07) is 13.3. The summed E-state index contributed by atoms with van der Waals surface area (Å²) in [7, 11) is 0. The van der Waals surface area contributed by atoms with E-state index < -0.39 is 0 Å². The molecule has 0 N–H and O–H groups in total. The molecule has 18 heavy (non-hydrogen) atoms. The van der Waals surface area contributed by atoms with Crippen LogP contribution in [-0.4, -0.2) is 18.0 Å². The monoisotopic (exact) mass is 239 g/mol. The van der Waals surface area contributed by atoms with Crippen molar-refractivity contribution in [1.82, 2.24) is 4.90 Å². The highest BCUT2D eigenvalue weighted by molar-refractivity contribution is 5.86. The molecule has 1 heteroatoms. The lowest BCUT2D eigenvalue weighted by Crippen LogP contribution is -2.29. The van der Waals surface area contributed by atoms with Gasteiger partial charge in [-0.25, -0.2) is 0 Å². The van der Waals surface area contributed by atoms with Crippen LogP contribution in [0.2, 0.25) is 0 Å². The van der Waals surface area contributed by atoms with Crippen molar-refractivity contribution in [3.63, 3.8) is 0 Å². The molecule has 2 aromatic rings. The summed E-state index contributed by atoms with van der Waals surface area (Å²) >= 11 is 0. The van der Waals surface area contributed by atoms with Gasteiger partial charge in [0.15, 0.2) is 0 Å². The fraction of sp³-hybridized carbons (Fsp3) is 0.412. The second-order valence-electron chi connectivity index (χ2n) is 5.42. The van der Waals surface area contributed by atoms with Crippen LogP contribution in [0.4, 0.5) is 0 Å². The normalized spacial score (nSPS) is 17.2. The summed E-state index contributed by atoms with van der Waals surface area (Å²) in [5, 5.41) is 2.80. The van der Waals surface area contributed by atoms with Crippen LogP contribution in [0, 0.1) is 6.92 Å². The number of hydrogen-bond donors (Lipinski definition) is 0. The van der Waals surface area contributed by atoms with E-state index in [4.69, 9.17) is 0 Å². The molecule has 0 unspecified atom stereocenters. The Morgan fingerprint density at radius 3 is 2.56 bits per heavy atom. The van der Waals surface area contributed by atoms with Crippen LogP contribution < -0.4 is 0 Å². The van der Waals surface area contributed by atoms with Gasteiger partial charge in [-0.3, -0.25) is 4.90 Å². The van der Waals surface area contributed by atoms with Crippen molar-refractivity contribution in [2.75, 3.05) is 13.1 Å². The molecular weight excluding hydrogens is 218 g/mol. The van der Waals surface area contributed by atoms with Gasteiger partial charge in [-0.15, -0.1) is 0 Å². The van der Waals surface area contributed by atoms with E-state index >= 15 is 0 Å². The Kier molecular flexibility index (Phi) is 3.33. The van der Waals surface area contributed by atoms with Crippen molar-refractivity contribution < 1.29 is 0 Å². The molecule has 1 fully saturated rings. The number of aryl methyl sites for hydroxylation is 1. The van der Waals surface area contributed by atoms with Crippen molar-refractivity contribution in [2.45, 2.75) is 32.7 Å². The number of nitrogens with zero attached hydrogens (tertiary/aromatic N) is 1. The minimum atomic E-state index is 1.12. The summed E-state index contributed by atoms with van der Waals surface area (Å²) in [5.74, 6) is 0. The molecule has 0 aromatic heterocycles. The second-order valence-corrected chi connectivity index (χ2v) is 5.42. The molecule has 1 saturated heterocycles. The second kappa shape index (κ2) is 5.11. The van der Waals surface area contributed by atoms with E-state index in [-0.39, 0.29) is 0 Å². The summed E-state index contributed by atoms with van der Waals surface area (Å²) in [5.41, 5.74) is 2.95. The smallest absolute Gasteiger partial charge is 0.0242 e. The lowest BCUT2D eigenvalue weighted by atomic mass is 9.98. The molecule has 0 spiro atoms. The average molecular weight is 239 g/mol. The van der Waals surface area contributed by atoms with Crippen LogP contribution >= 0.6 is 0 Å². The molecule has 1 aliphatic rings. The Morgan fingerprint density at radius 1 is 0.944 bits per heavy atom. The summed E-state index contributed by atoms with van der Waals surface area (Å²) in [6.07, 6.45) is 4.14. The van der Waals surface area contributed by atoms with E-state index in [1.807, 2.05) is 0 Å². The van der Waals surface area contributed by atoms with Crippen LogP contribution in [0.5, 0.6) is 0 Å². The fourth-order valence-electron chi connectivity index (χ4n) is 3.00. The zero-order valence-corrected chi connectivity index (χ0v) is 11.2. The van der Waals surface area contributed by atoms with Gasteiger partial charge >= 0.3 is 0 Å². The number of hydrogen-bond acceptors (Lipinski definition) is 1. The Bertz CT molecular complexity index is 538. The van der Waals surface area contributed by atoms with E-state index in [9.17, 15) is 0 Å². The van der Waals surface area contributed by atoms with Crippen LogP contribution in [0.1, 0.15) is 30.4 Å². The van der Waals surface area contributed by atoms with Gasteiger partial charge in [0.05, 0.1) is 0 Å². The number of likely N-dealkylation sites (tertiary alicyclic amines) is 1. The molecule has 0 aliphatic carbocycles. The highest BCUT2D eigenvalue weighted by Gasteiger charge is 2.13. The van der Waals surface area contributed by atoms with Crippen LogP contribution in [-0.2, 0) is 6.54 Å². The third-order valence-electron chi connectivity index (χ3n) is 4.11. The zero-order chi connectivity index (χ0) is 12.4. The maximum absolute atomic E-state index is 2.61. The van der Waals surface area contributed by atoms with Gasteiger partial charge in [0.2, 0.25) is 0 Å². The van der Waals surface area contributed by atoms with Crippen molar-refractivity contribution in [3.05, 3.63) is 47.5 Å². The van der Waals surface area contributed by atoms with E-state index in [1.165, 1.54) is 54.3 Å². The van der Waals surface area contributed by atoms with Gasteiger partial charge < -0.3 is 0 Å². The van der Waals surface area contributed by atoms with Gasteiger partial charge in [-0.1, -0.05) is 42.8 Å². The van der Waals surface area contributed by atoms with Crippen molar-refractivity contribution in [3.8, 4) is 0 Å².